The number of methoxy groups -OCH3 is 2. The molecule has 0 aliphatic rings. The zero-order chi connectivity index (χ0) is 17.1. The van der Waals surface area contributed by atoms with Gasteiger partial charge in [0.15, 0.2) is 11.5 Å². The highest BCUT2D eigenvalue weighted by atomic mass is 16.5. The summed E-state index contributed by atoms with van der Waals surface area (Å²) in [6, 6.07) is 5.19. The Hall–Kier alpha value is -2.24. The molecule has 6 heteroatoms. The molecule has 0 aliphatic heterocycles. The molecule has 0 radical (unpaired) electrons. The summed E-state index contributed by atoms with van der Waals surface area (Å²) in [4.78, 5) is 22.6. The molecule has 0 aliphatic carbocycles. The van der Waals surface area contributed by atoms with Crippen molar-refractivity contribution in [3.63, 3.8) is 0 Å². The van der Waals surface area contributed by atoms with Gasteiger partial charge in [-0.2, -0.15) is 0 Å². The molecule has 1 aromatic carbocycles. The molecule has 1 amide bonds. The van der Waals surface area contributed by atoms with Crippen molar-refractivity contribution < 1.29 is 24.2 Å². The topological polar surface area (TPSA) is 84.9 Å². The molecule has 0 fully saturated rings. The molecule has 23 heavy (non-hydrogen) atoms. The van der Waals surface area contributed by atoms with Crippen LogP contribution < -0.4 is 14.8 Å². The van der Waals surface area contributed by atoms with Crippen molar-refractivity contribution in [3.05, 3.63) is 23.8 Å². The summed E-state index contributed by atoms with van der Waals surface area (Å²) in [7, 11) is 3.04. The van der Waals surface area contributed by atoms with E-state index in [0.29, 0.717) is 30.0 Å². The number of carboxylic acids is 1. The van der Waals surface area contributed by atoms with E-state index >= 15 is 0 Å². The number of para-hydroxylation sites is 1. The van der Waals surface area contributed by atoms with Gasteiger partial charge >= 0.3 is 5.97 Å². The molecular weight excluding hydrogens is 298 g/mol. The lowest BCUT2D eigenvalue weighted by Crippen LogP contribution is -2.25. The maximum Gasteiger partial charge on any atom is 0.303 e. The number of amides is 1. The van der Waals surface area contributed by atoms with E-state index in [-0.39, 0.29) is 12.3 Å². The summed E-state index contributed by atoms with van der Waals surface area (Å²) in [6.07, 6.45) is 4.66. The number of hydrogen-bond donors (Lipinski definition) is 2. The maximum atomic E-state index is 12.2. The average molecular weight is 323 g/mol. The van der Waals surface area contributed by atoms with Crippen molar-refractivity contribution in [2.45, 2.75) is 38.5 Å². The van der Waals surface area contributed by atoms with Crippen molar-refractivity contribution in [2.24, 2.45) is 0 Å². The maximum absolute atomic E-state index is 12.2. The zero-order valence-electron chi connectivity index (χ0n) is 13.8. The Bertz CT molecular complexity index is 516. The summed E-state index contributed by atoms with van der Waals surface area (Å²) in [5.74, 6) is 0.0240. The third-order valence-electron chi connectivity index (χ3n) is 3.50. The summed E-state index contributed by atoms with van der Waals surface area (Å²) >= 11 is 0. The van der Waals surface area contributed by atoms with Crippen LogP contribution in [0.5, 0.6) is 11.5 Å². The molecule has 1 aromatic rings. The number of ether oxygens (including phenoxy) is 2. The van der Waals surface area contributed by atoms with Gasteiger partial charge in [-0.15, -0.1) is 0 Å². The van der Waals surface area contributed by atoms with Crippen LogP contribution in [0.15, 0.2) is 18.2 Å². The van der Waals surface area contributed by atoms with Crippen LogP contribution in [0.3, 0.4) is 0 Å². The highest BCUT2D eigenvalue weighted by Gasteiger charge is 2.15. The number of unbranched alkanes of at least 4 members (excludes halogenated alkanes) is 4. The molecule has 0 unspecified atom stereocenters. The average Bonchev–Trinajstić information content (AvgIpc) is 2.55. The van der Waals surface area contributed by atoms with E-state index in [2.05, 4.69) is 5.32 Å². The van der Waals surface area contributed by atoms with E-state index in [1.807, 2.05) is 0 Å². The number of carbonyl (C=O) groups is 2. The fourth-order valence-electron chi connectivity index (χ4n) is 2.29. The van der Waals surface area contributed by atoms with Gasteiger partial charge in [0.05, 0.1) is 19.8 Å². The van der Waals surface area contributed by atoms with Crippen LogP contribution in [0.25, 0.3) is 0 Å². The van der Waals surface area contributed by atoms with E-state index in [4.69, 9.17) is 14.6 Å². The zero-order valence-corrected chi connectivity index (χ0v) is 13.8. The van der Waals surface area contributed by atoms with Gasteiger partial charge in [-0.3, -0.25) is 9.59 Å². The largest absolute Gasteiger partial charge is 0.493 e. The van der Waals surface area contributed by atoms with E-state index in [0.717, 1.165) is 25.7 Å². The van der Waals surface area contributed by atoms with Crippen LogP contribution in [-0.4, -0.2) is 37.7 Å². The fourth-order valence-corrected chi connectivity index (χ4v) is 2.29. The Morgan fingerprint density at radius 2 is 1.74 bits per heavy atom. The number of nitrogens with one attached hydrogen (secondary N) is 1. The molecule has 1 rings (SSSR count). The monoisotopic (exact) mass is 323 g/mol. The lowest BCUT2D eigenvalue weighted by atomic mass is 10.1. The van der Waals surface area contributed by atoms with E-state index < -0.39 is 5.97 Å². The Morgan fingerprint density at radius 3 is 2.39 bits per heavy atom. The first-order valence-corrected chi connectivity index (χ1v) is 7.81. The molecular formula is C17H25NO5. The van der Waals surface area contributed by atoms with Crippen LogP contribution in [0.1, 0.15) is 48.9 Å². The number of carbonyl (C=O) groups excluding carboxylic acids is 1. The van der Waals surface area contributed by atoms with Crippen molar-refractivity contribution >= 4 is 11.9 Å². The molecule has 0 saturated heterocycles. The lowest BCUT2D eigenvalue weighted by Gasteiger charge is -2.12. The minimum absolute atomic E-state index is 0.188. The number of rotatable bonds is 11. The Balaban J connectivity index is 2.31. The predicted molar refractivity (Wildman–Crippen MR) is 87.2 cm³/mol. The SMILES string of the molecule is COc1cccc(C(=O)NCCCCCCCC(=O)O)c1OC. The first kappa shape index (κ1) is 18.8. The molecule has 128 valence electrons. The number of benzene rings is 1. The number of carboxylic acid groups (broad SMARTS) is 1. The van der Waals surface area contributed by atoms with E-state index in [1.54, 1.807) is 18.2 Å². The second-order valence-electron chi connectivity index (χ2n) is 5.21. The van der Waals surface area contributed by atoms with Gasteiger partial charge in [-0.1, -0.05) is 25.3 Å². The fraction of sp³-hybridized carbons (Fsp3) is 0.529. The molecule has 0 spiro atoms. The lowest BCUT2D eigenvalue weighted by molar-refractivity contribution is -0.137. The molecule has 6 nitrogen and oxygen atoms in total. The van der Waals surface area contributed by atoms with Gasteiger partial charge in [0, 0.05) is 13.0 Å². The second kappa shape index (κ2) is 10.5. The van der Waals surface area contributed by atoms with Gasteiger partial charge < -0.3 is 19.9 Å². The molecule has 0 atom stereocenters. The standard InChI is InChI=1S/C17H25NO5/c1-22-14-10-8-9-13(16(14)23-2)17(21)18-12-7-5-3-4-6-11-15(19)20/h8-10H,3-7,11-12H2,1-2H3,(H,18,21)(H,19,20). The van der Waals surface area contributed by atoms with Gasteiger partial charge in [-0.05, 0) is 25.0 Å². The molecule has 2 N–H and O–H groups in total. The van der Waals surface area contributed by atoms with Crippen molar-refractivity contribution in [1.29, 1.82) is 0 Å². The number of aliphatic carboxylic acids is 1. The van der Waals surface area contributed by atoms with E-state index in [1.165, 1.54) is 14.2 Å². The number of hydrogen-bond acceptors (Lipinski definition) is 4. The Kier molecular flexibility index (Phi) is 8.57. The summed E-state index contributed by atoms with van der Waals surface area (Å²) in [5, 5.41) is 11.4. The third kappa shape index (κ3) is 6.59. The quantitative estimate of drug-likeness (QED) is 0.612. The predicted octanol–water partition coefficient (Wildman–Crippen LogP) is 2.86. The highest BCUT2D eigenvalue weighted by Crippen LogP contribution is 2.30. The normalized spacial score (nSPS) is 10.2. The smallest absolute Gasteiger partial charge is 0.303 e. The second-order valence-corrected chi connectivity index (χ2v) is 5.21. The molecule has 0 aromatic heterocycles. The molecule has 0 saturated carbocycles. The molecule has 0 bridgehead atoms. The third-order valence-corrected chi connectivity index (χ3v) is 3.50. The van der Waals surface area contributed by atoms with Crippen LogP contribution >= 0.6 is 0 Å². The van der Waals surface area contributed by atoms with Crippen LogP contribution in [0, 0.1) is 0 Å². The van der Waals surface area contributed by atoms with Gasteiger partial charge in [0.25, 0.3) is 5.91 Å². The van der Waals surface area contributed by atoms with Crippen LogP contribution in [0.2, 0.25) is 0 Å². The van der Waals surface area contributed by atoms with Gasteiger partial charge in [-0.25, -0.2) is 0 Å². The minimum Gasteiger partial charge on any atom is -0.493 e. The van der Waals surface area contributed by atoms with E-state index in [9.17, 15) is 9.59 Å². The summed E-state index contributed by atoms with van der Waals surface area (Å²) < 4.78 is 10.4. The first-order valence-electron chi connectivity index (χ1n) is 7.81. The highest BCUT2D eigenvalue weighted by molar-refractivity contribution is 5.97. The van der Waals surface area contributed by atoms with Crippen LogP contribution in [-0.2, 0) is 4.79 Å². The van der Waals surface area contributed by atoms with Crippen molar-refractivity contribution in [3.8, 4) is 11.5 Å². The van der Waals surface area contributed by atoms with Crippen LogP contribution in [0.4, 0.5) is 0 Å². The molecule has 0 heterocycles. The summed E-state index contributed by atoms with van der Waals surface area (Å²) in [6.45, 7) is 0.581. The Labute approximate surface area is 136 Å². The first-order chi connectivity index (χ1) is 11.1. The summed E-state index contributed by atoms with van der Waals surface area (Å²) in [5.41, 5.74) is 0.452. The Morgan fingerprint density at radius 1 is 1.04 bits per heavy atom. The van der Waals surface area contributed by atoms with Crippen molar-refractivity contribution in [2.75, 3.05) is 20.8 Å². The van der Waals surface area contributed by atoms with Gasteiger partial charge in [0.1, 0.15) is 0 Å². The van der Waals surface area contributed by atoms with Gasteiger partial charge in [0.2, 0.25) is 0 Å². The van der Waals surface area contributed by atoms with Crippen molar-refractivity contribution in [1.82, 2.24) is 5.32 Å². The minimum atomic E-state index is -0.746.